The highest BCUT2D eigenvalue weighted by atomic mass is 32.1. The van der Waals surface area contributed by atoms with Gasteiger partial charge in [0.05, 0.1) is 6.04 Å². The highest BCUT2D eigenvalue weighted by Gasteiger charge is 2.18. The molecule has 3 rings (SSSR count). The predicted molar refractivity (Wildman–Crippen MR) is 114 cm³/mol. The lowest BCUT2D eigenvalue weighted by Crippen LogP contribution is -2.36. The third-order valence-corrected chi connectivity index (χ3v) is 5.09. The molecule has 5 heteroatoms. The van der Waals surface area contributed by atoms with E-state index in [1.54, 1.807) is 30.3 Å². The monoisotopic (exact) mass is 390 g/mol. The average molecular weight is 391 g/mol. The molecular weight excluding hydrogens is 368 g/mol. The Hall–Kier alpha value is -3.18. The second-order valence-electron chi connectivity index (χ2n) is 6.24. The Balaban J connectivity index is 1.82. The summed E-state index contributed by atoms with van der Waals surface area (Å²) in [5, 5.41) is 7.73. The van der Waals surface area contributed by atoms with Crippen LogP contribution in [0.3, 0.4) is 0 Å². The van der Waals surface area contributed by atoms with Crippen LogP contribution in [-0.4, -0.2) is 11.8 Å². The Morgan fingerprint density at radius 3 is 2.25 bits per heavy atom. The van der Waals surface area contributed by atoms with E-state index in [-0.39, 0.29) is 23.6 Å². The molecule has 0 saturated heterocycles. The maximum atomic E-state index is 13.0. The summed E-state index contributed by atoms with van der Waals surface area (Å²) in [6.07, 6.45) is 2.45. The minimum atomic E-state index is -0.314. The largest absolute Gasteiger partial charge is 0.344 e. The molecule has 0 aliphatic carbocycles. The zero-order valence-corrected chi connectivity index (χ0v) is 16.4. The van der Waals surface area contributed by atoms with Gasteiger partial charge in [-0.05, 0) is 41.6 Å². The Morgan fingerprint density at radius 2 is 1.64 bits per heavy atom. The quantitative estimate of drug-likeness (QED) is 0.570. The summed E-state index contributed by atoms with van der Waals surface area (Å²) < 4.78 is 0. The van der Waals surface area contributed by atoms with E-state index in [9.17, 15) is 9.59 Å². The molecule has 2 amide bonds. The van der Waals surface area contributed by atoms with Crippen LogP contribution < -0.4 is 10.6 Å². The first-order valence-corrected chi connectivity index (χ1v) is 10.0. The van der Waals surface area contributed by atoms with Crippen molar-refractivity contribution in [1.82, 2.24) is 10.6 Å². The lowest BCUT2D eigenvalue weighted by Gasteiger charge is -2.19. The van der Waals surface area contributed by atoms with Gasteiger partial charge in [-0.25, -0.2) is 0 Å². The van der Waals surface area contributed by atoms with Crippen molar-refractivity contribution in [1.29, 1.82) is 0 Å². The summed E-state index contributed by atoms with van der Waals surface area (Å²) in [5.41, 5.74) is 1.76. The predicted octanol–water partition coefficient (Wildman–Crippen LogP) is 4.79. The van der Waals surface area contributed by atoms with Crippen LogP contribution in [0.4, 0.5) is 0 Å². The summed E-state index contributed by atoms with van der Waals surface area (Å²) in [6, 6.07) is 22.4. The van der Waals surface area contributed by atoms with Crippen molar-refractivity contribution in [2.24, 2.45) is 0 Å². The molecule has 2 N–H and O–H groups in total. The lowest BCUT2D eigenvalue weighted by molar-refractivity contribution is -0.118. The number of thiophene rings is 1. The van der Waals surface area contributed by atoms with Crippen LogP contribution in [0.15, 0.2) is 83.9 Å². The number of carbonyl (C=O) groups is 2. The number of rotatable bonds is 7. The van der Waals surface area contributed by atoms with Crippen LogP contribution in [0.2, 0.25) is 0 Å². The summed E-state index contributed by atoms with van der Waals surface area (Å²) >= 11 is 1.50. The zero-order valence-electron chi connectivity index (χ0n) is 15.6. The molecule has 142 valence electrons. The van der Waals surface area contributed by atoms with Crippen LogP contribution >= 0.6 is 11.3 Å². The van der Waals surface area contributed by atoms with Crippen molar-refractivity contribution in [3.05, 3.63) is 99.9 Å². The summed E-state index contributed by atoms with van der Waals surface area (Å²) in [6.45, 7) is 2.02. The molecule has 1 atom stereocenters. The van der Waals surface area contributed by atoms with Gasteiger partial charge in [-0.15, -0.1) is 11.3 Å². The van der Waals surface area contributed by atoms with Crippen LogP contribution in [0.5, 0.6) is 0 Å². The first-order valence-electron chi connectivity index (χ1n) is 9.14. The number of hydrogen-bond donors (Lipinski definition) is 2. The number of carbonyl (C=O) groups excluding carboxylic acids is 2. The van der Waals surface area contributed by atoms with E-state index in [4.69, 9.17) is 0 Å². The molecule has 0 aliphatic heterocycles. The van der Waals surface area contributed by atoms with Gasteiger partial charge in [0.25, 0.3) is 11.8 Å². The normalized spacial score (nSPS) is 12.2. The van der Waals surface area contributed by atoms with E-state index in [2.05, 4.69) is 10.6 Å². The third kappa shape index (κ3) is 5.18. The molecule has 1 heterocycles. The van der Waals surface area contributed by atoms with Gasteiger partial charge in [0.2, 0.25) is 0 Å². The number of nitrogens with one attached hydrogen (secondary N) is 2. The standard InChI is InChI=1S/C23H22N2O2S/c1-2-20(17-10-5-3-6-11-17)24-23(27)21(16-19-14-9-15-28-19)25-22(26)18-12-7-4-8-13-18/h3-16,20H,2H2,1H3,(H,24,27)(H,25,26)/b21-16-/t20-/m1/s1. The van der Waals surface area contributed by atoms with Crippen LogP contribution in [-0.2, 0) is 4.79 Å². The molecule has 0 radical (unpaired) electrons. The molecule has 0 unspecified atom stereocenters. The molecule has 28 heavy (non-hydrogen) atoms. The van der Waals surface area contributed by atoms with E-state index in [0.717, 1.165) is 16.9 Å². The second kappa shape index (κ2) is 9.67. The molecule has 0 spiro atoms. The Labute approximate surface area is 168 Å². The van der Waals surface area contributed by atoms with Gasteiger partial charge in [-0.2, -0.15) is 0 Å². The Morgan fingerprint density at radius 1 is 0.964 bits per heavy atom. The fourth-order valence-corrected chi connectivity index (χ4v) is 3.46. The Bertz CT molecular complexity index is 935. The molecule has 2 aromatic carbocycles. The molecule has 0 saturated carbocycles. The summed E-state index contributed by atoms with van der Waals surface area (Å²) in [4.78, 5) is 26.5. The minimum Gasteiger partial charge on any atom is -0.344 e. The van der Waals surface area contributed by atoms with E-state index >= 15 is 0 Å². The van der Waals surface area contributed by atoms with Gasteiger partial charge in [0, 0.05) is 10.4 Å². The second-order valence-corrected chi connectivity index (χ2v) is 7.22. The molecule has 0 fully saturated rings. The average Bonchev–Trinajstić information content (AvgIpc) is 3.25. The third-order valence-electron chi connectivity index (χ3n) is 4.27. The fourth-order valence-electron chi connectivity index (χ4n) is 2.80. The number of benzene rings is 2. The smallest absolute Gasteiger partial charge is 0.268 e. The number of amides is 2. The number of hydrogen-bond acceptors (Lipinski definition) is 3. The van der Waals surface area contributed by atoms with Gasteiger partial charge in [-0.1, -0.05) is 61.5 Å². The molecule has 0 bridgehead atoms. The van der Waals surface area contributed by atoms with Gasteiger partial charge < -0.3 is 10.6 Å². The highest BCUT2D eigenvalue weighted by molar-refractivity contribution is 7.10. The van der Waals surface area contributed by atoms with Crippen molar-refractivity contribution in [3.8, 4) is 0 Å². The minimum absolute atomic E-state index is 0.130. The lowest BCUT2D eigenvalue weighted by atomic mass is 10.0. The maximum Gasteiger partial charge on any atom is 0.268 e. The SMILES string of the molecule is CC[C@@H](NC(=O)/C(=C/c1cccs1)NC(=O)c1ccccc1)c1ccccc1. The van der Waals surface area contributed by atoms with E-state index in [1.807, 2.05) is 60.8 Å². The van der Waals surface area contributed by atoms with Crippen LogP contribution in [0, 0.1) is 0 Å². The summed E-state index contributed by atoms with van der Waals surface area (Å²) in [5.74, 6) is -0.625. The molecular formula is C23H22N2O2S. The first kappa shape index (κ1) is 19.6. The maximum absolute atomic E-state index is 13.0. The van der Waals surface area contributed by atoms with Crippen LogP contribution in [0.25, 0.3) is 6.08 Å². The van der Waals surface area contributed by atoms with Gasteiger partial charge in [0.15, 0.2) is 0 Å². The molecule has 1 aromatic heterocycles. The highest BCUT2D eigenvalue weighted by Crippen LogP contribution is 2.18. The van der Waals surface area contributed by atoms with Gasteiger partial charge >= 0.3 is 0 Å². The fraction of sp³-hybridized carbons (Fsp3) is 0.130. The van der Waals surface area contributed by atoms with Crippen molar-refractivity contribution < 1.29 is 9.59 Å². The molecule has 0 aliphatic rings. The molecule has 4 nitrogen and oxygen atoms in total. The van der Waals surface area contributed by atoms with Crippen molar-refractivity contribution >= 4 is 29.2 Å². The van der Waals surface area contributed by atoms with Gasteiger partial charge in [-0.3, -0.25) is 9.59 Å². The topological polar surface area (TPSA) is 58.2 Å². The van der Waals surface area contributed by atoms with E-state index in [0.29, 0.717) is 5.56 Å². The van der Waals surface area contributed by atoms with Crippen molar-refractivity contribution in [2.75, 3.05) is 0 Å². The first-order chi connectivity index (χ1) is 13.7. The van der Waals surface area contributed by atoms with Crippen molar-refractivity contribution in [3.63, 3.8) is 0 Å². The van der Waals surface area contributed by atoms with Crippen molar-refractivity contribution in [2.45, 2.75) is 19.4 Å². The molecule has 3 aromatic rings. The van der Waals surface area contributed by atoms with Crippen LogP contribution in [0.1, 0.15) is 40.2 Å². The van der Waals surface area contributed by atoms with Gasteiger partial charge in [0.1, 0.15) is 5.70 Å². The Kier molecular flexibility index (Phi) is 6.76. The summed E-state index contributed by atoms with van der Waals surface area (Å²) in [7, 11) is 0. The van der Waals surface area contributed by atoms with E-state index < -0.39 is 0 Å². The van der Waals surface area contributed by atoms with E-state index in [1.165, 1.54) is 11.3 Å². The zero-order chi connectivity index (χ0) is 19.8.